The van der Waals surface area contributed by atoms with Crippen molar-refractivity contribution in [2.75, 3.05) is 13.6 Å². The molecule has 1 heterocycles. The summed E-state index contributed by atoms with van der Waals surface area (Å²) >= 11 is 7.34. The summed E-state index contributed by atoms with van der Waals surface area (Å²) in [5.74, 6) is 0.0715. The molecule has 2 aromatic rings. The lowest BCUT2D eigenvalue weighted by Crippen LogP contribution is -2.29. The van der Waals surface area contributed by atoms with E-state index in [2.05, 4.69) is 50.0 Å². The summed E-state index contributed by atoms with van der Waals surface area (Å²) in [5, 5.41) is 2.06. The Bertz CT molecular complexity index is 571. The summed E-state index contributed by atoms with van der Waals surface area (Å²) in [6, 6.07) is 9.92. The Hall–Kier alpha value is -0.400. The molecule has 0 bridgehead atoms. The van der Waals surface area contributed by atoms with Crippen LogP contribution < -0.4 is 0 Å². The molecule has 100 valence electrons. The standard InChI is InChI=1S/C14H13BrINOS/c1-17(7-6-11-3-2-8-19-11)14(18)12-9-10(15)4-5-13(12)16/h2-5,8-9H,6-7H2,1H3. The molecule has 2 rings (SSSR count). The van der Waals surface area contributed by atoms with Gasteiger partial charge in [0.1, 0.15) is 0 Å². The lowest BCUT2D eigenvalue weighted by atomic mass is 10.2. The Morgan fingerprint density at radius 1 is 1.42 bits per heavy atom. The first-order valence-electron chi connectivity index (χ1n) is 5.81. The molecule has 0 N–H and O–H groups in total. The molecular formula is C14H13BrINOS. The van der Waals surface area contributed by atoms with Gasteiger partial charge >= 0.3 is 0 Å². The van der Waals surface area contributed by atoms with Crippen molar-refractivity contribution < 1.29 is 4.79 Å². The zero-order valence-corrected chi connectivity index (χ0v) is 15.0. The van der Waals surface area contributed by atoms with Gasteiger partial charge in [-0.1, -0.05) is 22.0 Å². The van der Waals surface area contributed by atoms with E-state index in [1.54, 1.807) is 16.2 Å². The molecule has 0 saturated carbocycles. The second-order valence-electron chi connectivity index (χ2n) is 4.18. The maximum atomic E-state index is 12.4. The number of likely N-dealkylation sites (N-methyl/N-ethyl adjacent to an activating group) is 1. The fraction of sp³-hybridized carbons (Fsp3) is 0.214. The summed E-state index contributed by atoms with van der Waals surface area (Å²) in [7, 11) is 1.85. The van der Waals surface area contributed by atoms with E-state index < -0.39 is 0 Å². The molecule has 0 radical (unpaired) electrons. The molecular weight excluding hydrogens is 437 g/mol. The van der Waals surface area contributed by atoms with Crippen LogP contribution in [0.2, 0.25) is 0 Å². The number of halogens is 2. The smallest absolute Gasteiger partial charge is 0.254 e. The Morgan fingerprint density at radius 3 is 2.89 bits per heavy atom. The summed E-state index contributed by atoms with van der Waals surface area (Å²) in [5.41, 5.74) is 0.753. The van der Waals surface area contributed by atoms with Crippen molar-refractivity contribution >= 4 is 55.8 Å². The van der Waals surface area contributed by atoms with Gasteiger partial charge in [-0.3, -0.25) is 4.79 Å². The van der Waals surface area contributed by atoms with E-state index in [-0.39, 0.29) is 5.91 Å². The van der Waals surface area contributed by atoms with Crippen molar-refractivity contribution in [3.05, 3.63) is 54.2 Å². The molecule has 0 fully saturated rings. The number of nitrogens with zero attached hydrogens (tertiary/aromatic N) is 1. The van der Waals surface area contributed by atoms with Gasteiger partial charge in [0.15, 0.2) is 0 Å². The first kappa shape index (κ1) is 15.0. The summed E-state index contributed by atoms with van der Waals surface area (Å²) in [4.78, 5) is 15.5. The molecule has 0 saturated heterocycles. The minimum absolute atomic E-state index is 0.0715. The molecule has 19 heavy (non-hydrogen) atoms. The number of carbonyl (C=O) groups excluding carboxylic acids is 1. The SMILES string of the molecule is CN(CCc1cccs1)C(=O)c1cc(Br)ccc1I. The van der Waals surface area contributed by atoms with E-state index >= 15 is 0 Å². The number of benzene rings is 1. The molecule has 0 aliphatic rings. The zero-order chi connectivity index (χ0) is 13.8. The fourth-order valence-corrected chi connectivity index (χ4v) is 3.33. The Kier molecular flexibility index (Phi) is 5.41. The number of amides is 1. The molecule has 0 unspecified atom stereocenters. The maximum absolute atomic E-state index is 12.4. The first-order chi connectivity index (χ1) is 9.08. The number of carbonyl (C=O) groups is 1. The molecule has 5 heteroatoms. The molecule has 0 aliphatic heterocycles. The second kappa shape index (κ2) is 6.85. The molecule has 1 amide bonds. The Morgan fingerprint density at radius 2 is 2.21 bits per heavy atom. The highest BCUT2D eigenvalue weighted by atomic mass is 127. The van der Waals surface area contributed by atoms with Crippen LogP contribution in [0.1, 0.15) is 15.2 Å². The minimum Gasteiger partial charge on any atom is -0.341 e. The van der Waals surface area contributed by atoms with Crippen LogP contribution in [0.25, 0.3) is 0 Å². The van der Waals surface area contributed by atoms with Gasteiger partial charge in [0.25, 0.3) is 5.91 Å². The van der Waals surface area contributed by atoms with Crippen molar-refractivity contribution in [1.29, 1.82) is 0 Å². The highest BCUT2D eigenvalue weighted by Gasteiger charge is 2.15. The van der Waals surface area contributed by atoms with Crippen molar-refractivity contribution in [2.24, 2.45) is 0 Å². The van der Waals surface area contributed by atoms with E-state index in [4.69, 9.17) is 0 Å². The highest BCUT2D eigenvalue weighted by Crippen LogP contribution is 2.20. The van der Waals surface area contributed by atoms with Gasteiger partial charge in [-0.05, 0) is 58.7 Å². The minimum atomic E-state index is 0.0715. The van der Waals surface area contributed by atoms with Crippen LogP contribution in [0.3, 0.4) is 0 Å². The predicted molar refractivity (Wildman–Crippen MR) is 91.8 cm³/mol. The number of hydrogen-bond donors (Lipinski definition) is 0. The van der Waals surface area contributed by atoms with Crippen LogP contribution in [-0.4, -0.2) is 24.4 Å². The van der Waals surface area contributed by atoms with E-state index in [9.17, 15) is 4.79 Å². The first-order valence-corrected chi connectivity index (χ1v) is 8.56. The number of rotatable bonds is 4. The monoisotopic (exact) mass is 449 g/mol. The summed E-state index contributed by atoms with van der Waals surface area (Å²) in [6.07, 6.45) is 0.907. The quantitative estimate of drug-likeness (QED) is 0.632. The average molecular weight is 450 g/mol. The van der Waals surface area contributed by atoms with Gasteiger partial charge in [0.05, 0.1) is 5.56 Å². The Labute approximate surface area is 139 Å². The highest BCUT2D eigenvalue weighted by molar-refractivity contribution is 14.1. The van der Waals surface area contributed by atoms with E-state index in [1.807, 2.05) is 31.3 Å². The molecule has 0 spiro atoms. The Balaban J connectivity index is 2.04. The van der Waals surface area contributed by atoms with Crippen LogP contribution in [0.15, 0.2) is 40.2 Å². The lowest BCUT2D eigenvalue weighted by molar-refractivity contribution is 0.0796. The van der Waals surface area contributed by atoms with Crippen molar-refractivity contribution in [3.63, 3.8) is 0 Å². The van der Waals surface area contributed by atoms with Gasteiger partial charge < -0.3 is 4.90 Å². The van der Waals surface area contributed by atoms with Gasteiger partial charge in [-0.25, -0.2) is 0 Å². The molecule has 0 aliphatic carbocycles. The number of thiophene rings is 1. The van der Waals surface area contributed by atoms with E-state index in [1.165, 1.54) is 4.88 Å². The van der Waals surface area contributed by atoms with Gasteiger partial charge in [0.2, 0.25) is 0 Å². The molecule has 1 aromatic heterocycles. The summed E-state index contributed by atoms with van der Waals surface area (Å²) < 4.78 is 1.91. The normalized spacial score (nSPS) is 10.5. The molecule has 2 nitrogen and oxygen atoms in total. The third-order valence-corrected chi connectivity index (χ3v) is 5.15. The molecule has 0 atom stereocenters. The van der Waals surface area contributed by atoms with Crippen LogP contribution in [0.5, 0.6) is 0 Å². The zero-order valence-electron chi connectivity index (χ0n) is 10.4. The summed E-state index contributed by atoms with van der Waals surface area (Å²) in [6.45, 7) is 0.738. The topological polar surface area (TPSA) is 20.3 Å². The van der Waals surface area contributed by atoms with Gasteiger partial charge in [-0.2, -0.15) is 0 Å². The third kappa shape index (κ3) is 4.03. The van der Waals surface area contributed by atoms with Crippen LogP contribution in [0, 0.1) is 3.57 Å². The maximum Gasteiger partial charge on any atom is 0.254 e. The van der Waals surface area contributed by atoms with Crippen molar-refractivity contribution in [1.82, 2.24) is 4.90 Å². The van der Waals surface area contributed by atoms with E-state index in [0.717, 1.165) is 26.6 Å². The fourth-order valence-electron chi connectivity index (χ4n) is 1.70. The van der Waals surface area contributed by atoms with Crippen molar-refractivity contribution in [2.45, 2.75) is 6.42 Å². The molecule has 1 aromatic carbocycles. The predicted octanol–water partition coefficient (Wildman–Crippen LogP) is 4.43. The average Bonchev–Trinajstić information content (AvgIpc) is 2.91. The van der Waals surface area contributed by atoms with Gasteiger partial charge in [0, 0.05) is 26.5 Å². The van der Waals surface area contributed by atoms with Gasteiger partial charge in [-0.15, -0.1) is 11.3 Å². The number of hydrogen-bond acceptors (Lipinski definition) is 2. The third-order valence-electron chi connectivity index (χ3n) is 2.78. The largest absolute Gasteiger partial charge is 0.341 e. The van der Waals surface area contributed by atoms with Crippen molar-refractivity contribution in [3.8, 4) is 0 Å². The lowest BCUT2D eigenvalue weighted by Gasteiger charge is -2.17. The van der Waals surface area contributed by atoms with Crippen LogP contribution >= 0.6 is 49.9 Å². The van der Waals surface area contributed by atoms with Crippen LogP contribution in [-0.2, 0) is 6.42 Å². The van der Waals surface area contributed by atoms with Crippen LogP contribution in [0.4, 0.5) is 0 Å². The van der Waals surface area contributed by atoms with E-state index in [0.29, 0.717) is 0 Å². The second-order valence-corrected chi connectivity index (χ2v) is 7.29.